The second-order valence-corrected chi connectivity index (χ2v) is 29.3. The summed E-state index contributed by atoms with van der Waals surface area (Å²) in [6, 6.07) is 10.3. The van der Waals surface area contributed by atoms with Crippen molar-refractivity contribution in [2.24, 2.45) is 0 Å². The first-order valence-electron chi connectivity index (χ1n) is 40.2. The Morgan fingerprint density at radius 1 is 0.379 bits per heavy atom. The van der Waals surface area contributed by atoms with Crippen LogP contribution in [0.25, 0.3) is 6.08 Å². The minimum absolute atomic E-state index is 0. The number of hydrogen-bond donors (Lipinski definition) is 3. The third-order valence-electron chi connectivity index (χ3n) is 19.9. The average Bonchev–Trinajstić information content (AvgIpc) is 1.99. The van der Waals surface area contributed by atoms with E-state index in [9.17, 15) is 24.0 Å². The molecule has 12 nitrogen and oxygen atoms in total. The molecule has 2 atom stereocenters. The van der Waals surface area contributed by atoms with Crippen LogP contribution in [0.2, 0.25) is 0 Å². The summed E-state index contributed by atoms with van der Waals surface area (Å²) in [6.07, 6.45) is 69.5. The van der Waals surface area contributed by atoms with Crippen molar-refractivity contribution in [3.8, 4) is 0 Å². The number of likely N-dealkylation sites (tertiary alicyclic amines) is 2. The number of amides is 5. The van der Waals surface area contributed by atoms with Gasteiger partial charge in [-0.15, -0.1) is 0 Å². The summed E-state index contributed by atoms with van der Waals surface area (Å²) < 4.78 is 1.44. The first-order valence-corrected chi connectivity index (χ1v) is 40.2. The Kier molecular flexibility index (Phi) is 63.2. The van der Waals surface area contributed by atoms with Crippen molar-refractivity contribution in [1.29, 1.82) is 0 Å². The molecular formula is C81H151Cl2N7O5. The number of unbranched alkanes of at least 4 members (excludes halogenated alkanes) is 40. The topological polar surface area (TPSA) is 128 Å². The quantitative estimate of drug-likeness (QED) is 0.0442. The first-order chi connectivity index (χ1) is 45.4. The van der Waals surface area contributed by atoms with Gasteiger partial charge >= 0.3 is 0 Å². The predicted molar refractivity (Wildman–Crippen MR) is 396 cm³/mol. The van der Waals surface area contributed by atoms with Gasteiger partial charge in [-0.05, 0) is 43.7 Å². The van der Waals surface area contributed by atoms with Crippen molar-refractivity contribution >= 4 is 35.6 Å². The van der Waals surface area contributed by atoms with Gasteiger partial charge in [0.15, 0.2) is 13.3 Å². The van der Waals surface area contributed by atoms with Gasteiger partial charge in [-0.3, -0.25) is 38.3 Å². The zero-order valence-electron chi connectivity index (χ0n) is 62.7. The maximum Gasteiger partial charge on any atom is 0.226 e. The molecule has 0 spiro atoms. The molecule has 0 saturated carbocycles. The Hall–Kier alpha value is -3.19. The van der Waals surface area contributed by atoms with E-state index in [2.05, 4.69) is 75.2 Å². The molecule has 14 heteroatoms. The highest BCUT2D eigenvalue weighted by Gasteiger charge is 2.31. The van der Waals surface area contributed by atoms with Crippen LogP contribution >= 0.6 is 0 Å². The van der Waals surface area contributed by atoms with Gasteiger partial charge in [0, 0.05) is 84.1 Å². The number of carbonyl (C=O) groups excluding carboxylic acids is 5. The number of benzene rings is 1. The fourth-order valence-corrected chi connectivity index (χ4v) is 13.7. The van der Waals surface area contributed by atoms with Gasteiger partial charge < -0.3 is 45.2 Å². The molecule has 1 aromatic carbocycles. The molecule has 95 heavy (non-hydrogen) atoms. The van der Waals surface area contributed by atoms with Crippen LogP contribution in [-0.2, 0) is 24.0 Å². The highest BCUT2D eigenvalue weighted by molar-refractivity contribution is 5.78. The molecular weight excluding hydrogens is 1220 g/mol. The maximum absolute atomic E-state index is 12.5. The summed E-state index contributed by atoms with van der Waals surface area (Å²) in [7, 11) is 4.42. The molecule has 2 fully saturated rings. The standard InChI is InChI=1S/C44H86N4O3.C37H63N3O2.2ClH/c1-4-6-8-10-12-14-16-17-18-19-21-23-25-27-29-34-43(50)46-37-32-40-48(3,41-47-38-30-35-44(47)51)39-31-36-45-42(49)33-28-26-24-22-20-15-13-11-9-7-5-2;1-3-4-5-6-7-8-9-10-11-12-13-14-15-16-17-18-22-27-36(41)38-30-24-32-40(2,34-39-31-23-28-37(39)42)33-29-35-25-20-19-21-26-35;;/h4-41H2,1-3H3,(H-,45,46,49,50);19-21,25-26,29,33H,3-18,22-24,27-28,30-32,34H2,1-2H3;2*1H. The number of rotatable bonds is 64. The number of carbonyl (C=O) groups is 5. The van der Waals surface area contributed by atoms with Crippen molar-refractivity contribution in [3.63, 3.8) is 0 Å². The summed E-state index contributed by atoms with van der Waals surface area (Å²) in [5, 5.41) is 9.43. The third-order valence-corrected chi connectivity index (χ3v) is 19.9. The van der Waals surface area contributed by atoms with Gasteiger partial charge in [-0.25, -0.2) is 0 Å². The van der Waals surface area contributed by atoms with E-state index in [0.717, 1.165) is 120 Å². The molecule has 2 aliphatic rings. The molecule has 0 aromatic heterocycles. The largest absolute Gasteiger partial charge is 1.00 e. The normalized spacial score (nSPS) is 14.3. The van der Waals surface area contributed by atoms with E-state index in [1.807, 2.05) is 28.0 Å². The van der Waals surface area contributed by atoms with Crippen LogP contribution in [0.5, 0.6) is 0 Å². The Bertz CT molecular complexity index is 1980. The number of hydrogen-bond acceptors (Lipinski definition) is 5. The van der Waals surface area contributed by atoms with E-state index in [1.54, 1.807) is 0 Å². The zero-order valence-corrected chi connectivity index (χ0v) is 64.2. The SMILES string of the molecule is CCCCCCCCCCCCCCCCCC(=O)NCCC[N+](C)(CCCNC(=O)CCCCCCCCCCCCC)CN1CCCC1=O.CCCCCCCCCCCCCCCCCCCC(=O)NCCC[N+](C)(C=Cc1ccccc1)CN1CCCC1=O.[Cl-].[Cl-]. The second-order valence-electron chi connectivity index (χ2n) is 29.3. The van der Waals surface area contributed by atoms with E-state index in [1.165, 1.54) is 238 Å². The van der Waals surface area contributed by atoms with Crippen molar-refractivity contribution in [2.45, 2.75) is 361 Å². The number of halogens is 2. The highest BCUT2D eigenvalue weighted by atomic mass is 35.5. The lowest BCUT2D eigenvalue weighted by molar-refractivity contribution is -0.917. The van der Waals surface area contributed by atoms with Gasteiger partial charge in [0.2, 0.25) is 29.5 Å². The minimum atomic E-state index is 0. The van der Waals surface area contributed by atoms with Crippen molar-refractivity contribution < 1.29 is 57.8 Å². The number of quaternary nitrogens is 2. The molecule has 3 N–H and O–H groups in total. The minimum Gasteiger partial charge on any atom is -1.00 e. The van der Waals surface area contributed by atoms with Gasteiger partial charge in [-0.1, -0.05) is 308 Å². The van der Waals surface area contributed by atoms with E-state index >= 15 is 0 Å². The van der Waals surface area contributed by atoms with Crippen molar-refractivity contribution in [1.82, 2.24) is 25.8 Å². The fourth-order valence-electron chi connectivity index (χ4n) is 13.7. The number of nitrogens with zero attached hydrogens (tertiary/aromatic N) is 4. The first kappa shape index (κ1) is 91.8. The van der Waals surface area contributed by atoms with E-state index in [0.29, 0.717) is 62.9 Å². The summed E-state index contributed by atoms with van der Waals surface area (Å²) in [6.45, 7) is 14.7. The third kappa shape index (κ3) is 55.3. The number of nitrogens with one attached hydrogen (secondary N) is 3. The summed E-state index contributed by atoms with van der Waals surface area (Å²) in [5.41, 5.74) is 1.16. The summed E-state index contributed by atoms with van der Waals surface area (Å²) >= 11 is 0. The molecule has 3 rings (SSSR count). The smallest absolute Gasteiger partial charge is 0.226 e. The van der Waals surface area contributed by atoms with Crippen LogP contribution in [0.4, 0.5) is 0 Å². The van der Waals surface area contributed by atoms with E-state index < -0.39 is 0 Å². The van der Waals surface area contributed by atoms with Crippen LogP contribution in [0.15, 0.2) is 36.5 Å². The average molecular weight is 1370 g/mol. The van der Waals surface area contributed by atoms with Crippen LogP contribution in [0.3, 0.4) is 0 Å². The van der Waals surface area contributed by atoms with Gasteiger partial charge in [0.05, 0.1) is 39.9 Å². The van der Waals surface area contributed by atoms with Crippen LogP contribution in [0.1, 0.15) is 367 Å². The lowest BCUT2D eigenvalue weighted by Gasteiger charge is -2.38. The molecule has 0 radical (unpaired) electrons. The monoisotopic (exact) mass is 1370 g/mol. The molecule has 2 saturated heterocycles. The second kappa shape index (κ2) is 65.4. The molecule has 2 heterocycles. The lowest BCUT2D eigenvalue weighted by Crippen LogP contribution is -3.00. The molecule has 5 amide bonds. The van der Waals surface area contributed by atoms with Crippen molar-refractivity contribution in [2.75, 3.05) is 79.8 Å². The van der Waals surface area contributed by atoms with Gasteiger partial charge in [0.1, 0.15) is 0 Å². The van der Waals surface area contributed by atoms with E-state index in [-0.39, 0.29) is 54.3 Å². The maximum atomic E-state index is 12.5. The predicted octanol–water partition coefficient (Wildman–Crippen LogP) is 14.2. The molecule has 554 valence electrons. The lowest BCUT2D eigenvalue weighted by atomic mass is 10.0. The zero-order chi connectivity index (χ0) is 67.2. The van der Waals surface area contributed by atoms with Gasteiger partial charge in [0.25, 0.3) is 0 Å². The molecule has 2 unspecified atom stereocenters. The van der Waals surface area contributed by atoms with E-state index in [4.69, 9.17) is 0 Å². The Morgan fingerprint density at radius 2 is 0.653 bits per heavy atom. The Balaban J connectivity index is 0.00000185. The van der Waals surface area contributed by atoms with Crippen LogP contribution in [0, 0.1) is 0 Å². The molecule has 0 bridgehead atoms. The Labute approximate surface area is 598 Å². The Morgan fingerprint density at radius 3 is 0.937 bits per heavy atom. The van der Waals surface area contributed by atoms with Gasteiger partial charge in [-0.2, -0.15) is 0 Å². The fraction of sp³-hybridized carbons (Fsp3) is 0.840. The molecule has 2 aliphatic heterocycles. The molecule has 0 aliphatic carbocycles. The van der Waals surface area contributed by atoms with Crippen LogP contribution in [-0.4, -0.2) is 128 Å². The highest BCUT2D eigenvalue weighted by Crippen LogP contribution is 2.21. The van der Waals surface area contributed by atoms with Crippen LogP contribution < -0.4 is 40.8 Å². The summed E-state index contributed by atoms with van der Waals surface area (Å²) in [4.78, 5) is 66.0. The summed E-state index contributed by atoms with van der Waals surface area (Å²) in [5.74, 6) is 1.05. The van der Waals surface area contributed by atoms with Crippen molar-refractivity contribution in [3.05, 3.63) is 42.1 Å². The molecule has 1 aromatic rings.